The number of aliphatic hydroxyl groups excluding tert-OH is 2. The number of aliphatic hydroxyl groups is 2. The second kappa shape index (κ2) is 5.72. The molecule has 0 spiro atoms. The van der Waals surface area contributed by atoms with Crippen molar-refractivity contribution in [3.63, 3.8) is 0 Å². The second-order valence-electron chi connectivity index (χ2n) is 5.26. The third kappa shape index (κ3) is 2.96. The van der Waals surface area contributed by atoms with E-state index in [0.717, 1.165) is 17.6 Å². The first kappa shape index (κ1) is 14.0. The summed E-state index contributed by atoms with van der Waals surface area (Å²) >= 11 is 0. The molecule has 4 nitrogen and oxygen atoms in total. The van der Waals surface area contributed by atoms with Crippen LogP contribution in [0.2, 0.25) is 0 Å². The van der Waals surface area contributed by atoms with Crippen LogP contribution in [0.3, 0.4) is 0 Å². The largest absolute Gasteiger partial charge is 0.458 e. The Morgan fingerprint density at radius 3 is 2.95 bits per heavy atom. The molecule has 1 aliphatic heterocycles. The number of rotatable bonds is 1. The van der Waals surface area contributed by atoms with Gasteiger partial charge in [-0.1, -0.05) is 24.3 Å². The van der Waals surface area contributed by atoms with Crippen molar-refractivity contribution in [1.82, 2.24) is 0 Å². The van der Waals surface area contributed by atoms with Gasteiger partial charge in [-0.25, -0.2) is 4.79 Å². The quantitative estimate of drug-likeness (QED) is 0.428. The van der Waals surface area contributed by atoms with Crippen LogP contribution >= 0.6 is 0 Å². The molecule has 3 atom stereocenters. The van der Waals surface area contributed by atoms with Gasteiger partial charge in [0, 0.05) is 12.0 Å². The summed E-state index contributed by atoms with van der Waals surface area (Å²) < 4.78 is 5.29. The molecule has 2 rings (SSSR count). The highest BCUT2D eigenvalue weighted by Crippen LogP contribution is 2.34. The monoisotopic (exact) mass is 264 g/mol. The van der Waals surface area contributed by atoms with Crippen molar-refractivity contribution in [1.29, 1.82) is 0 Å². The first-order valence-electron chi connectivity index (χ1n) is 6.57. The van der Waals surface area contributed by atoms with Crippen LogP contribution in [-0.4, -0.2) is 35.0 Å². The lowest BCUT2D eigenvalue weighted by atomic mass is 9.86. The van der Waals surface area contributed by atoms with Crippen LogP contribution in [0.1, 0.15) is 26.2 Å². The fourth-order valence-electron chi connectivity index (χ4n) is 2.71. The second-order valence-corrected chi connectivity index (χ2v) is 5.26. The van der Waals surface area contributed by atoms with Gasteiger partial charge in [-0.15, -0.1) is 0 Å². The number of carbonyl (C=O) groups excluding carboxylic acids is 1. The van der Waals surface area contributed by atoms with E-state index in [0.29, 0.717) is 18.4 Å². The number of carbonyl (C=O) groups is 1. The minimum absolute atomic E-state index is 0.0807. The first-order valence-corrected chi connectivity index (χ1v) is 6.57. The average molecular weight is 264 g/mol. The van der Waals surface area contributed by atoms with Crippen molar-refractivity contribution in [2.75, 3.05) is 6.61 Å². The smallest absolute Gasteiger partial charge is 0.334 e. The molecule has 1 heterocycles. The molecule has 1 fully saturated rings. The van der Waals surface area contributed by atoms with Gasteiger partial charge in [0.2, 0.25) is 0 Å². The number of allylic oxidation sites excluding steroid dienone is 1. The van der Waals surface area contributed by atoms with E-state index in [4.69, 9.17) is 4.74 Å². The van der Waals surface area contributed by atoms with E-state index in [1.54, 1.807) is 6.08 Å². The van der Waals surface area contributed by atoms with Gasteiger partial charge in [0.05, 0.1) is 18.6 Å². The Bertz CT molecular complexity index is 447. The topological polar surface area (TPSA) is 66.8 Å². The summed E-state index contributed by atoms with van der Waals surface area (Å²) in [7, 11) is 0. The van der Waals surface area contributed by atoms with Crippen LogP contribution in [0.15, 0.2) is 35.5 Å². The summed E-state index contributed by atoms with van der Waals surface area (Å²) in [5.74, 6) is -0.851. The molecule has 4 heteroatoms. The van der Waals surface area contributed by atoms with E-state index in [1.807, 2.05) is 6.92 Å². The van der Waals surface area contributed by atoms with E-state index in [1.165, 1.54) is 0 Å². The lowest BCUT2D eigenvalue weighted by molar-refractivity contribution is -0.139. The van der Waals surface area contributed by atoms with E-state index < -0.39 is 18.0 Å². The fraction of sp³-hybridized carbons (Fsp3) is 0.533. The van der Waals surface area contributed by atoms with Gasteiger partial charge in [0.15, 0.2) is 0 Å². The van der Waals surface area contributed by atoms with Crippen molar-refractivity contribution in [2.24, 2.45) is 5.92 Å². The minimum Gasteiger partial charge on any atom is -0.458 e. The highest BCUT2D eigenvalue weighted by atomic mass is 16.6. The number of ether oxygens (including phenoxy) is 1. The third-order valence-electron chi connectivity index (χ3n) is 3.78. The van der Waals surface area contributed by atoms with Crippen LogP contribution in [0.4, 0.5) is 0 Å². The number of hydrogen-bond acceptors (Lipinski definition) is 4. The van der Waals surface area contributed by atoms with Crippen molar-refractivity contribution in [3.8, 4) is 0 Å². The zero-order chi connectivity index (χ0) is 14.0. The summed E-state index contributed by atoms with van der Waals surface area (Å²) in [4.78, 5) is 11.6. The summed E-state index contributed by atoms with van der Waals surface area (Å²) in [6.45, 7) is 5.63. The highest BCUT2D eigenvalue weighted by Gasteiger charge is 2.42. The summed E-state index contributed by atoms with van der Waals surface area (Å²) in [5.41, 5.74) is 2.23. The van der Waals surface area contributed by atoms with Gasteiger partial charge < -0.3 is 14.9 Å². The van der Waals surface area contributed by atoms with E-state index in [9.17, 15) is 15.0 Å². The first-order chi connectivity index (χ1) is 9.02. The van der Waals surface area contributed by atoms with Crippen LogP contribution < -0.4 is 0 Å². The molecule has 104 valence electrons. The summed E-state index contributed by atoms with van der Waals surface area (Å²) in [6, 6.07) is 0. The Hall–Kier alpha value is -1.39. The lowest BCUT2D eigenvalue weighted by Crippen LogP contribution is -2.29. The predicted molar refractivity (Wildman–Crippen MR) is 71.3 cm³/mol. The Morgan fingerprint density at radius 2 is 2.26 bits per heavy atom. The standard InChI is InChI=1S/C15H20O4/c1-9-4-3-5-11(8-16)7-12(17)14-10(2)15(18)19-13(14)6-9/h4,7,12-14,16-17H,2-3,5-6,8H2,1H3/b9-4?,11-7-/t12-,13+,14+/m1/s1. The normalized spacial score (nSPS) is 35.0. The summed E-state index contributed by atoms with van der Waals surface area (Å²) in [5, 5.41) is 19.6. The van der Waals surface area contributed by atoms with Crippen molar-refractivity contribution >= 4 is 5.97 Å². The van der Waals surface area contributed by atoms with Crippen LogP contribution in [-0.2, 0) is 9.53 Å². The van der Waals surface area contributed by atoms with Gasteiger partial charge in [-0.2, -0.15) is 0 Å². The van der Waals surface area contributed by atoms with E-state index >= 15 is 0 Å². The molecular weight excluding hydrogens is 244 g/mol. The Morgan fingerprint density at radius 1 is 1.53 bits per heavy atom. The zero-order valence-corrected chi connectivity index (χ0v) is 11.1. The van der Waals surface area contributed by atoms with Crippen LogP contribution in [0.25, 0.3) is 0 Å². The Labute approximate surface area is 113 Å². The maximum atomic E-state index is 11.6. The number of hydrogen-bond donors (Lipinski definition) is 2. The fourth-order valence-corrected chi connectivity index (χ4v) is 2.71. The molecule has 19 heavy (non-hydrogen) atoms. The van der Waals surface area contributed by atoms with Gasteiger partial charge in [0.1, 0.15) is 6.10 Å². The molecule has 0 saturated carbocycles. The van der Waals surface area contributed by atoms with E-state index in [2.05, 4.69) is 12.7 Å². The van der Waals surface area contributed by atoms with Crippen molar-refractivity contribution in [2.45, 2.75) is 38.4 Å². The molecule has 0 aromatic rings. The number of esters is 1. The molecular formula is C15H20O4. The molecule has 0 aromatic carbocycles. The Balaban J connectivity index is 2.33. The molecule has 0 amide bonds. The van der Waals surface area contributed by atoms with Gasteiger partial charge in [-0.3, -0.25) is 0 Å². The van der Waals surface area contributed by atoms with Crippen molar-refractivity contribution in [3.05, 3.63) is 35.5 Å². The van der Waals surface area contributed by atoms with Gasteiger partial charge >= 0.3 is 5.97 Å². The predicted octanol–water partition coefficient (Wildman–Crippen LogP) is 1.49. The summed E-state index contributed by atoms with van der Waals surface area (Å²) in [6.07, 6.45) is 4.68. The van der Waals surface area contributed by atoms with Crippen molar-refractivity contribution < 1.29 is 19.7 Å². The molecule has 0 bridgehead atoms. The molecule has 2 N–H and O–H groups in total. The molecule has 0 aromatic heterocycles. The van der Waals surface area contributed by atoms with E-state index in [-0.39, 0.29) is 12.7 Å². The van der Waals surface area contributed by atoms with Gasteiger partial charge in [0.25, 0.3) is 0 Å². The molecule has 0 unspecified atom stereocenters. The molecule has 1 aliphatic carbocycles. The zero-order valence-electron chi connectivity index (χ0n) is 11.1. The highest BCUT2D eigenvalue weighted by molar-refractivity contribution is 5.91. The van der Waals surface area contributed by atoms with Gasteiger partial charge in [-0.05, 0) is 25.3 Å². The SMILES string of the molecule is C=C1C(=O)O[C@H]2CC(C)=CCC/C(CO)=C/[C@@H](O)[C@H]12. The maximum Gasteiger partial charge on any atom is 0.334 e. The maximum absolute atomic E-state index is 11.6. The molecule has 0 radical (unpaired) electrons. The minimum atomic E-state index is -0.836. The molecule has 1 saturated heterocycles. The van der Waals surface area contributed by atoms with Crippen LogP contribution in [0, 0.1) is 5.92 Å². The average Bonchev–Trinajstić information content (AvgIpc) is 2.63. The Kier molecular flexibility index (Phi) is 4.22. The molecule has 2 aliphatic rings. The number of fused-ring (bicyclic) bond motifs is 1. The lowest BCUT2D eigenvalue weighted by Gasteiger charge is -2.23. The van der Waals surface area contributed by atoms with Crippen LogP contribution in [0.5, 0.6) is 0 Å². The third-order valence-corrected chi connectivity index (χ3v) is 3.78.